The third-order valence-electron chi connectivity index (χ3n) is 24.0. The molecule has 716 valence electrons. The molecule has 0 fully saturated rings. The summed E-state index contributed by atoms with van der Waals surface area (Å²) in [5.41, 5.74) is 7.30. The van der Waals surface area contributed by atoms with E-state index in [9.17, 15) is 10.0 Å². The Kier molecular flexibility index (Phi) is 42.1. The third-order valence-corrected chi connectivity index (χ3v) is 34.2. The van der Waals surface area contributed by atoms with E-state index in [1.165, 1.54) is 134 Å². The topological polar surface area (TPSA) is 145 Å². The molecule has 9 nitrogen and oxygen atoms in total. The van der Waals surface area contributed by atoms with E-state index in [4.69, 9.17) is 19.9 Å². The van der Waals surface area contributed by atoms with Gasteiger partial charge >= 0.3 is 36.7 Å². The van der Waals surface area contributed by atoms with Gasteiger partial charge in [-0.3, -0.25) is 14.8 Å². The average molecular weight is 2140 g/mol. The van der Waals surface area contributed by atoms with Crippen molar-refractivity contribution in [1.82, 2.24) is 9.97 Å². The fraction of sp³-hybridized carbons (Fsp3) is 0.0465. The number of aromatic nitrogens is 2. The van der Waals surface area contributed by atoms with Gasteiger partial charge in [-0.25, -0.2) is 0 Å². The van der Waals surface area contributed by atoms with Gasteiger partial charge in [0, 0.05) is 53.7 Å². The number of fused-ring (bicyclic) bond motifs is 2. The zero-order chi connectivity index (χ0) is 99.4. The Balaban J connectivity index is 0.000000133. The Hall–Kier alpha value is -13.1. The largest absolute Gasteiger partial charge is 1.00 e. The van der Waals surface area contributed by atoms with Gasteiger partial charge in [0.15, 0.2) is 0 Å². The van der Waals surface area contributed by atoms with Gasteiger partial charge in [-0.15, -0.1) is 0 Å². The van der Waals surface area contributed by atoms with E-state index in [2.05, 4.69) is 516 Å². The van der Waals surface area contributed by atoms with E-state index in [1.54, 1.807) is 6.07 Å². The van der Waals surface area contributed by atoms with Gasteiger partial charge in [-0.2, -0.15) is 0 Å². The second-order valence-corrected chi connectivity index (χ2v) is 43.3. The predicted octanol–water partition coefficient (Wildman–Crippen LogP) is 21.9. The molecular formula is C129H107BBrN2NaO7P4Pd. The van der Waals surface area contributed by atoms with Crippen LogP contribution in [0, 0.1) is 13.8 Å². The van der Waals surface area contributed by atoms with E-state index in [0.29, 0.717) is 18.7 Å². The molecule has 22 aromatic carbocycles. The molecule has 24 aromatic rings. The van der Waals surface area contributed by atoms with E-state index in [-0.39, 0.29) is 63.1 Å². The van der Waals surface area contributed by atoms with Crippen molar-refractivity contribution >= 4 is 217 Å². The van der Waals surface area contributed by atoms with Crippen LogP contribution >= 0.6 is 47.6 Å². The maximum Gasteiger partial charge on any atom is 1.00 e. The Morgan fingerprint density at radius 3 is 0.822 bits per heavy atom. The second kappa shape index (κ2) is 56.6. The molecule has 0 atom stereocenters. The normalized spacial score (nSPS) is 10.6. The molecule has 2 heterocycles. The van der Waals surface area contributed by atoms with Gasteiger partial charge < -0.3 is 30.0 Å². The summed E-state index contributed by atoms with van der Waals surface area (Å²) in [4.78, 5) is 20.3. The molecular weight excluding hydrogens is 2030 g/mol. The number of carbonyl (C=O) groups is 1. The number of ether oxygens (including phenoxy) is 1. The first-order valence-corrected chi connectivity index (χ1v) is 53.9. The van der Waals surface area contributed by atoms with Crippen LogP contribution in [0.25, 0.3) is 97.6 Å². The van der Waals surface area contributed by atoms with Crippen LogP contribution in [0.3, 0.4) is 0 Å². The molecule has 0 saturated heterocycles. The minimum absolute atomic E-state index is 0. The molecule has 0 saturated carbocycles. The van der Waals surface area contributed by atoms with Crippen LogP contribution in [-0.4, -0.2) is 58.5 Å². The Labute approximate surface area is 904 Å². The first kappa shape index (κ1) is 109. The van der Waals surface area contributed by atoms with E-state index in [1.807, 2.05) is 63.2 Å². The standard InChI is InChI=1S/C26H17N.4C18H15P.C16H11BO2.C10H8BrN.C4H10O2.CH2O3.Na.Pd/c1-16-5-6-21-15-20(11-14-24(21)27-16)22-12-9-19-8-7-17-3-2-4-18-10-13-23(22)26(19)25(17)18;4*1-4-10-16(11-5-1)19(17-12-6-2-7-13-17)18-14-8-3-9-15-18;18-17(19)14-9-7-12-5-4-10-2-1-3-11-6-8-13(14)16(12)15(10)11;1-7-2-3-8-6-9(11)4-5-10(8)12-7;1-2-6-4-3-5;2-1-4-3;;/h2-15H,1H3;4*1-15H;1-9,18-19H;2-6H,1H3;5H,2-4H2,1H3;1,3H;;/q;;;;;;;;;+1;/p-1. The molecule has 24 rings (SSSR count). The summed E-state index contributed by atoms with van der Waals surface area (Å²) in [6.07, 6.45) is 0. The van der Waals surface area contributed by atoms with Crippen molar-refractivity contribution in [1.29, 1.82) is 0 Å². The number of rotatable bonds is 18. The van der Waals surface area contributed by atoms with Crippen LogP contribution in [0.15, 0.2) is 538 Å². The van der Waals surface area contributed by atoms with Gasteiger partial charge in [0.1, 0.15) is 0 Å². The number of halogens is 1. The minimum Gasteiger partial charge on any atom is -0.662 e. The average Bonchev–Trinajstić information content (AvgIpc) is 0.735. The van der Waals surface area contributed by atoms with Crippen molar-refractivity contribution in [2.75, 3.05) is 19.8 Å². The molecule has 0 radical (unpaired) electrons. The summed E-state index contributed by atoms with van der Waals surface area (Å²) >= 11 is 3.42. The summed E-state index contributed by atoms with van der Waals surface area (Å²) in [6.45, 7) is 7.05. The molecule has 0 aliphatic heterocycles. The van der Waals surface area contributed by atoms with Crippen molar-refractivity contribution < 1.29 is 84.8 Å². The Bertz CT molecular complexity index is 7140. The number of nitrogens with zero attached hydrogens (tertiary/aromatic N) is 2. The first-order valence-electron chi connectivity index (χ1n) is 47.7. The van der Waals surface area contributed by atoms with Crippen LogP contribution in [0.2, 0.25) is 0 Å². The fourth-order valence-electron chi connectivity index (χ4n) is 17.5. The molecule has 3 N–H and O–H groups in total. The number of aryl methyl sites for hydroxylation is 2. The van der Waals surface area contributed by atoms with Gasteiger partial charge in [-0.05, 0) is 240 Å². The molecule has 2 aromatic heterocycles. The number of benzene rings is 22. The first-order chi connectivity index (χ1) is 70.9. The van der Waals surface area contributed by atoms with E-state index in [0.717, 1.165) is 43.1 Å². The zero-order valence-corrected chi connectivity index (χ0v) is 90.2. The Morgan fingerprint density at radius 2 is 0.548 bits per heavy atom. The van der Waals surface area contributed by atoms with Gasteiger partial charge in [0.2, 0.25) is 0 Å². The van der Waals surface area contributed by atoms with Crippen molar-refractivity contribution in [3.63, 3.8) is 0 Å². The number of carbonyl (C=O) groups excluding carboxylic acids is 1. The van der Waals surface area contributed by atoms with Gasteiger partial charge in [-0.1, -0.05) is 507 Å². The SMILES string of the molecule is CCOCCO.Cc1ccc2cc(-c3ccc4ccc5cccc6ccc3c4c56)ccc2n1.Cc1ccc2cc(Br)ccc2n1.O=CO[O-].OB(O)c1ccc2ccc3cccc4ccc1c2c34.[Na+].[Pd].c1ccc(P(c2ccccc2)c2ccccc2)cc1.c1ccc(P(c2ccccc2)c2ccccc2)cc1.c1ccc(P(c2ccccc2)c2ccccc2)cc1.c1ccc(P(c2ccccc2)c2ccccc2)cc1. The van der Waals surface area contributed by atoms with Crippen molar-refractivity contribution in [3.8, 4) is 11.1 Å². The van der Waals surface area contributed by atoms with Crippen molar-refractivity contribution in [3.05, 3.63) is 550 Å². The summed E-state index contributed by atoms with van der Waals surface area (Å²) in [7, 11) is -3.22. The summed E-state index contributed by atoms with van der Waals surface area (Å²) in [6, 6.07) is 189. The maximum absolute atomic E-state index is 9.51. The Morgan fingerprint density at radius 1 is 0.301 bits per heavy atom. The van der Waals surface area contributed by atoms with Crippen LogP contribution in [0.4, 0.5) is 0 Å². The number of hydrogen-bond donors (Lipinski definition) is 3. The fourth-order valence-corrected chi connectivity index (χ4v) is 27.1. The van der Waals surface area contributed by atoms with Crippen molar-refractivity contribution in [2.45, 2.75) is 20.8 Å². The molecule has 0 unspecified atom stereocenters. The van der Waals surface area contributed by atoms with Gasteiger partial charge in [0.05, 0.1) is 24.2 Å². The zero-order valence-electron chi connectivity index (χ0n) is 81.4. The molecule has 0 amide bonds. The summed E-state index contributed by atoms with van der Waals surface area (Å²) in [5.74, 6) is 0. The van der Waals surface area contributed by atoms with Crippen LogP contribution < -0.4 is 104 Å². The van der Waals surface area contributed by atoms with Crippen molar-refractivity contribution in [2.24, 2.45) is 0 Å². The van der Waals surface area contributed by atoms with Crippen LogP contribution in [0.5, 0.6) is 0 Å². The summed E-state index contributed by atoms with van der Waals surface area (Å²) < 4.78 is 5.83. The van der Waals surface area contributed by atoms with E-state index >= 15 is 0 Å². The predicted molar refractivity (Wildman–Crippen MR) is 621 cm³/mol. The smallest absolute Gasteiger partial charge is 0.662 e. The number of aliphatic hydroxyl groups is 1. The van der Waals surface area contributed by atoms with Gasteiger partial charge in [0.25, 0.3) is 6.47 Å². The summed E-state index contributed by atoms with van der Waals surface area (Å²) in [5, 5.41) is 69.3. The number of aliphatic hydroxyl groups excluding tert-OH is 1. The monoisotopic (exact) mass is 2140 g/mol. The maximum atomic E-state index is 9.51. The van der Waals surface area contributed by atoms with Crippen LogP contribution in [-0.2, 0) is 34.8 Å². The molecule has 0 aliphatic rings. The number of pyridine rings is 2. The molecule has 0 spiro atoms. The van der Waals surface area contributed by atoms with E-state index < -0.39 is 38.8 Å². The quantitative estimate of drug-likeness (QED) is 0.0145. The minimum atomic E-state index is -1.44. The number of hydrogen-bond acceptors (Lipinski definition) is 9. The van der Waals surface area contributed by atoms with Crippen LogP contribution in [0.1, 0.15) is 18.3 Å². The molecule has 146 heavy (non-hydrogen) atoms. The third kappa shape index (κ3) is 28.8. The molecule has 0 bridgehead atoms. The molecule has 0 aliphatic carbocycles. The second-order valence-electron chi connectivity index (χ2n) is 33.5. The molecule has 17 heteroatoms.